The summed E-state index contributed by atoms with van der Waals surface area (Å²) in [6.45, 7) is 11.4. The SMILES string of the molecule is CC.CC1=CC(C)=N/C1=C(/c1ccc(N)cc1)c1c(C)cc(C)n1B(F)F. The maximum atomic E-state index is 13.8. The monoisotopic (exact) mass is 369 g/mol. The second-order valence-corrected chi connectivity index (χ2v) is 6.39. The third kappa shape index (κ3) is 4.05. The summed E-state index contributed by atoms with van der Waals surface area (Å²) in [6.07, 6.45) is 1.96. The van der Waals surface area contributed by atoms with Crippen molar-refractivity contribution in [3.05, 3.63) is 70.2 Å². The van der Waals surface area contributed by atoms with E-state index in [9.17, 15) is 8.63 Å². The highest BCUT2D eigenvalue weighted by Crippen LogP contribution is 2.37. The highest BCUT2D eigenvalue weighted by atomic mass is 19.2. The van der Waals surface area contributed by atoms with Gasteiger partial charge in [0, 0.05) is 28.4 Å². The fourth-order valence-corrected chi connectivity index (χ4v) is 3.35. The van der Waals surface area contributed by atoms with Crippen LogP contribution in [0, 0.1) is 13.8 Å². The van der Waals surface area contributed by atoms with E-state index in [1.807, 2.05) is 52.8 Å². The van der Waals surface area contributed by atoms with Crippen molar-refractivity contribution in [2.24, 2.45) is 4.99 Å². The lowest BCUT2D eigenvalue weighted by Gasteiger charge is -2.16. The Morgan fingerprint density at radius 1 is 1.04 bits per heavy atom. The van der Waals surface area contributed by atoms with E-state index in [4.69, 9.17) is 5.73 Å². The van der Waals surface area contributed by atoms with Crippen molar-refractivity contribution in [2.75, 3.05) is 5.73 Å². The van der Waals surface area contributed by atoms with Gasteiger partial charge in [0.2, 0.25) is 0 Å². The maximum absolute atomic E-state index is 13.8. The lowest BCUT2D eigenvalue weighted by Crippen LogP contribution is -2.18. The molecule has 27 heavy (non-hydrogen) atoms. The Hall–Kier alpha value is -2.63. The van der Waals surface area contributed by atoms with E-state index >= 15 is 0 Å². The van der Waals surface area contributed by atoms with E-state index in [-0.39, 0.29) is 0 Å². The zero-order chi connectivity index (χ0) is 20.3. The molecule has 1 aromatic carbocycles. The Morgan fingerprint density at radius 2 is 1.63 bits per heavy atom. The fourth-order valence-electron chi connectivity index (χ4n) is 3.35. The first-order valence-corrected chi connectivity index (χ1v) is 9.10. The molecule has 142 valence electrons. The van der Waals surface area contributed by atoms with Crippen molar-refractivity contribution in [3.8, 4) is 0 Å². The molecule has 0 unspecified atom stereocenters. The summed E-state index contributed by atoms with van der Waals surface area (Å²) in [5.41, 5.74) is 12.3. The predicted molar refractivity (Wildman–Crippen MR) is 112 cm³/mol. The number of allylic oxidation sites excluding steroid dienone is 2. The number of halogens is 2. The zero-order valence-corrected chi connectivity index (χ0v) is 16.8. The molecule has 0 bridgehead atoms. The quantitative estimate of drug-likeness (QED) is 0.550. The highest BCUT2D eigenvalue weighted by Gasteiger charge is 2.29. The number of hydrogen-bond acceptors (Lipinski definition) is 2. The van der Waals surface area contributed by atoms with Crippen LogP contribution >= 0.6 is 0 Å². The topological polar surface area (TPSA) is 43.3 Å². The molecule has 0 saturated carbocycles. The minimum Gasteiger partial charge on any atom is -0.399 e. The van der Waals surface area contributed by atoms with Gasteiger partial charge in [-0.3, -0.25) is 13.6 Å². The molecule has 6 heteroatoms. The predicted octanol–water partition coefficient (Wildman–Crippen LogP) is 5.67. The van der Waals surface area contributed by atoms with Crippen LogP contribution in [0.4, 0.5) is 14.3 Å². The molecule has 1 aliphatic rings. The average Bonchev–Trinajstić information content (AvgIpc) is 3.10. The molecule has 2 N–H and O–H groups in total. The average molecular weight is 369 g/mol. The molecular weight excluding hydrogens is 343 g/mol. The number of nitrogen functional groups attached to an aromatic ring is 1. The molecule has 2 heterocycles. The van der Waals surface area contributed by atoms with Crippen LogP contribution in [0.5, 0.6) is 0 Å². The number of hydrogen-bond donors (Lipinski definition) is 1. The van der Waals surface area contributed by atoms with Gasteiger partial charge < -0.3 is 10.2 Å². The van der Waals surface area contributed by atoms with Gasteiger partial charge in [-0.05, 0) is 68.7 Å². The molecule has 0 spiro atoms. The van der Waals surface area contributed by atoms with E-state index in [0.29, 0.717) is 22.6 Å². The number of benzene rings is 1. The van der Waals surface area contributed by atoms with Crippen LogP contribution in [0.1, 0.15) is 50.2 Å². The summed E-state index contributed by atoms with van der Waals surface area (Å²) < 4.78 is 28.6. The molecule has 3 nitrogen and oxygen atoms in total. The van der Waals surface area contributed by atoms with Crippen LogP contribution in [-0.4, -0.2) is 17.6 Å². The van der Waals surface area contributed by atoms with Gasteiger partial charge in [0.15, 0.2) is 0 Å². The first-order valence-electron chi connectivity index (χ1n) is 9.10. The number of nitrogens with two attached hydrogens (primary N) is 1. The zero-order valence-electron chi connectivity index (χ0n) is 16.8. The second-order valence-electron chi connectivity index (χ2n) is 6.39. The van der Waals surface area contributed by atoms with Gasteiger partial charge in [0.05, 0.1) is 5.70 Å². The third-order valence-corrected chi connectivity index (χ3v) is 4.38. The minimum atomic E-state index is -2.62. The lowest BCUT2D eigenvalue weighted by atomic mass is 9.94. The minimum absolute atomic E-state index is 0.499. The lowest BCUT2D eigenvalue weighted by molar-refractivity contribution is 0.624. The Morgan fingerprint density at radius 3 is 2.11 bits per heavy atom. The summed E-state index contributed by atoms with van der Waals surface area (Å²) in [6, 6.07) is 9.04. The van der Waals surface area contributed by atoms with Crippen LogP contribution in [0.25, 0.3) is 5.57 Å². The first kappa shape index (κ1) is 20.7. The van der Waals surface area contributed by atoms with Crippen LogP contribution in [0.15, 0.2) is 52.7 Å². The molecule has 0 atom stereocenters. The van der Waals surface area contributed by atoms with Crippen molar-refractivity contribution in [1.82, 2.24) is 4.48 Å². The Balaban J connectivity index is 0.00000126. The summed E-state index contributed by atoms with van der Waals surface area (Å²) in [4.78, 5) is 4.61. The Kier molecular flexibility index (Phi) is 6.42. The van der Waals surface area contributed by atoms with Gasteiger partial charge in [0.25, 0.3) is 0 Å². The van der Waals surface area contributed by atoms with Crippen molar-refractivity contribution in [2.45, 2.75) is 41.5 Å². The third-order valence-electron chi connectivity index (χ3n) is 4.38. The largest absolute Gasteiger partial charge is 0.677 e. The summed E-state index contributed by atoms with van der Waals surface area (Å²) in [5, 5.41) is 0. The van der Waals surface area contributed by atoms with Crippen molar-refractivity contribution in [1.29, 1.82) is 0 Å². The number of aromatic nitrogens is 1. The Bertz CT molecular complexity index is 920. The fraction of sp³-hybridized carbons (Fsp3) is 0.286. The second kappa shape index (κ2) is 8.38. The summed E-state index contributed by atoms with van der Waals surface area (Å²) in [7, 11) is -2.62. The van der Waals surface area contributed by atoms with Crippen molar-refractivity contribution in [3.63, 3.8) is 0 Å². The van der Waals surface area contributed by atoms with Gasteiger partial charge in [0.1, 0.15) is 0 Å². The molecule has 3 rings (SSSR count). The van der Waals surface area contributed by atoms with Crippen LogP contribution in [0.2, 0.25) is 0 Å². The molecule has 0 radical (unpaired) electrons. The van der Waals surface area contributed by atoms with Crippen LogP contribution in [0.3, 0.4) is 0 Å². The molecular formula is C21H26BF2N3. The van der Waals surface area contributed by atoms with E-state index in [2.05, 4.69) is 4.99 Å². The normalized spacial score (nSPS) is 15.0. The molecule has 1 aliphatic heterocycles. The van der Waals surface area contributed by atoms with Gasteiger partial charge in [-0.25, -0.2) is 0 Å². The molecule has 0 saturated heterocycles. The molecule has 0 amide bonds. The summed E-state index contributed by atoms with van der Waals surface area (Å²) >= 11 is 0. The van der Waals surface area contributed by atoms with E-state index in [1.54, 1.807) is 25.1 Å². The summed E-state index contributed by atoms with van der Waals surface area (Å²) in [5.74, 6) is 0. The Labute approximate surface area is 160 Å². The molecule has 1 aromatic heterocycles. The highest BCUT2D eigenvalue weighted by molar-refractivity contribution is 6.41. The number of anilines is 1. The van der Waals surface area contributed by atoms with Gasteiger partial charge in [-0.1, -0.05) is 26.0 Å². The number of aryl methyl sites for hydroxylation is 2. The number of aliphatic imine (C=N–C) groups is 1. The maximum Gasteiger partial charge on any atom is 0.677 e. The van der Waals surface area contributed by atoms with E-state index in [0.717, 1.165) is 32.6 Å². The van der Waals surface area contributed by atoms with Crippen LogP contribution < -0.4 is 5.73 Å². The van der Waals surface area contributed by atoms with Gasteiger partial charge in [-0.15, -0.1) is 0 Å². The molecule has 2 aromatic rings. The first-order chi connectivity index (χ1) is 12.8. The molecule has 0 fully saturated rings. The smallest absolute Gasteiger partial charge is 0.399 e. The number of rotatable bonds is 3. The van der Waals surface area contributed by atoms with Crippen molar-refractivity contribution >= 4 is 24.4 Å². The van der Waals surface area contributed by atoms with Gasteiger partial charge >= 0.3 is 7.40 Å². The van der Waals surface area contributed by atoms with E-state index < -0.39 is 7.40 Å². The van der Waals surface area contributed by atoms with Crippen molar-refractivity contribution < 1.29 is 8.63 Å². The van der Waals surface area contributed by atoms with Gasteiger partial charge in [-0.2, -0.15) is 0 Å². The standard InChI is InChI=1S/C19H20BF2N3.C2H6/c1-11-9-13(3)24-18(11)17(15-5-7-16(23)8-6-15)19-12(2)10-14(4)25(19)20(21)22;1-2/h5-10H,23H2,1-4H3;1-2H3/b18-17-;. The van der Waals surface area contributed by atoms with E-state index in [1.165, 1.54) is 0 Å². The molecule has 0 aliphatic carbocycles. The van der Waals surface area contributed by atoms with Crippen LogP contribution in [-0.2, 0) is 0 Å². The number of nitrogens with zero attached hydrogens (tertiary/aromatic N) is 2.